The molecule has 0 saturated heterocycles. The molecule has 0 radical (unpaired) electrons. The summed E-state index contributed by atoms with van der Waals surface area (Å²) in [6.07, 6.45) is 2.62. The highest BCUT2D eigenvalue weighted by Gasteiger charge is 2.44. The van der Waals surface area contributed by atoms with Gasteiger partial charge < -0.3 is 53.6 Å². The quantitative estimate of drug-likeness (QED) is 0.0417. The maximum absolute atomic E-state index is 13.4. The highest BCUT2D eigenvalue weighted by molar-refractivity contribution is 5.82. The second-order valence-corrected chi connectivity index (χ2v) is 14.4. The van der Waals surface area contributed by atoms with Crippen LogP contribution in [0, 0.1) is 10.8 Å². The topological polar surface area (TPSA) is 238 Å². The molecule has 1 aliphatic heterocycles. The van der Waals surface area contributed by atoms with Crippen LogP contribution in [-0.4, -0.2) is 99.7 Å². The summed E-state index contributed by atoms with van der Waals surface area (Å²) in [5.41, 5.74) is -4.26. The molecular formula is C42H52N2O16. The van der Waals surface area contributed by atoms with E-state index in [1.807, 2.05) is 0 Å². The summed E-state index contributed by atoms with van der Waals surface area (Å²) in [7, 11) is 0. The maximum atomic E-state index is 13.4. The largest absolute Gasteiger partial charge is 0.462 e. The van der Waals surface area contributed by atoms with Gasteiger partial charge in [0.25, 0.3) is 0 Å². The smallest absolute Gasteiger partial charge is 0.407 e. The fraction of sp³-hybridized carbons (Fsp3) is 0.405. The highest BCUT2D eigenvalue weighted by atomic mass is 16.6. The van der Waals surface area contributed by atoms with Gasteiger partial charge in [0.05, 0.1) is 29.5 Å². The molecule has 0 bridgehead atoms. The van der Waals surface area contributed by atoms with Crippen molar-refractivity contribution in [2.45, 2.75) is 51.5 Å². The van der Waals surface area contributed by atoms with Gasteiger partial charge in [0.2, 0.25) is 0 Å². The van der Waals surface area contributed by atoms with Crippen molar-refractivity contribution in [3.8, 4) is 0 Å². The summed E-state index contributed by atoms with van der Waals surface area (Å²) >= 11 is 0. The second kappa shape index (κ2) is 22.6. The molecule has 1 aromatic rings. The fourth-order valence-electron chi connectivity index (χ4n) is 5.17. The lowest BCUT2D eigenvalue weighted by molar-refractivity contribution is -0.164. The van der Waals surface area contributed by atoms with E-state index in [-0.39, 0.29) is 12.2 Å². The number of hydrogen-bond acceptors (Lipinski definition) is 16. The van der Waals surface area contributed by atoms with Gasteiger partial charge in [-0.2, -0.15) is 0 Å². The Morgan fingerprint density at radius 1 is 0.683 bits per heavy atom. The normalized spacial score (nSPS) is 13.2. The summed E-state index contributed by atoms with van der Waals surface area (Å²) in [5.74, 6) is -3.99. The van der Waals surface area contributed by atoms with Gasteiger partial charge in [-0.05, 0) is 51.0 Å². The van der Waals surface area contributed by atoms with Crippen molar-refractivity contribution in [1.82, 2.24) is 10.6 Å². The first-order valence-corrected chi connectivity index (χ1v) is 18.2. The Balaban J connectivity index is 2.28. The second-order valence-electron chi connectivity index (χ2n) is 14.4. The van der Waals surface area contributed by atoms with E-state index in [1.165, 1.54) is 6.08 Å². The van der Waals surface area contributed by atoms with E-state index in [9.17, 15) is 38.7 Å². The minimum absolute atomic E-state index is 0.0352. The number of aliphatic hydroxyl groups excluding tert-OH is 1. The van der Waals surface area contributed by atoms with Gasteiger partial charge in [0.1, 0.15) is 50.8 Å². The van der Waals surface area contributed by atoms with Crippen LogP contribution in [0.15, 0.2) is 99.4 Å². The first-order valence-electron chi connectivity index (χ1n) is 18.2. The van der Waals surface area contributed by atoms with Crippen molar-refractivity contribution in [2.24, 2.45) is 10.8 Å². The van der Waals surface area contributed by atoms with E-state index in [2.05, 4.69) is 43.5 Å². The summed E-state index contributed by atoms with van der Waals surface area (Å²) in [5, 5.41) is 15.5. The number of esters is 5. The van der Waals surface area contributed by atoms with E-state index in [0.717, 1.165) is 30.4 Å². The Morgan fingerprint density at radius 3 is 1.48 bits per heavy atom. The first-order chi connectivity index (χ1) is 28.2. The van der Waals surface area contributed by atoms with E-state index < -0.39 is 116 Å². The van der Waals surface area contributed by atoms with Crippen molar-refractivity contribution in [3.63, 3.8) is 0 Å². The molecular weight excluding hydrogens is 788 g/mol. The first kappa shape index (κ1) is 49.6. The lowest BCUT2D eigenvalue weighted by atomic mass is 9.87. The van der Waals surface area contributed by atoms with Gasteiger partial charge in [0, 0.05) is 24.3 Å². The minimum Gasteiger partial charge on any atom is -0.462 e. The molecule has 0 saturated carbocycles. The number of ether oxygens (including phenoxy) is 8. The molecule has 18 heteroatoms. The molecule has 1 heterocycles. The van der Waals surface area contributed by atoms with Crippen LogP contribution in [0.3, 0.4) is 0 Å². The highest BCUT2D eigenvalue weighted by Crippen LogP contribution is 2.35. The van der Waals surface area contributed by atoms with Crippen molar-refractivity contribution in [3.05, 3.63) is 111 Å². The zero-order valence-electron chi connectivity index (χ0n) is 34.1. The number of amides is 2. The van der Waals surface area contributed by atoms with Crippen LogP contribution in [0.25, 0.3) is 0 Å². The lowest BCUT2D eigenvalue weighted by Gasteiger charge is -2.34. The van der Waals surface area contributed by atoms with Crippen molar-refractivity contribution >= 4 is 42.0 Å². The maximum Gasteiger partial charge on any atom is 0.407 e. The van der Waals surface area contributed by atoms with Crippen LogP contribution >= 0.6 is 0 Å². The van der Waals surface area contributed by atoms with Crippen LogP contribution in [-0.2, 0) is 72.9 Å². The zero-order chi connectivity index (χ0) is 45.1. The van der Waals surface area contributed by atoms with Gasteiger partial charge in [-0.15, -0.1) is 0 Å². The number of alkyl carbamates (subject to hydrolysis) is 2. The predicted molar refractivity (Wildman–Crippen MR) is 212 cm³/mol. The predicted octanol–water partition coefficient (Wildman–Crippen LogP) is 3.85. The van der Waals surface area contributed by atoms with Crippen LogP contribution in [0.1, 0.15) is 45.2 Å². The number of cyclic esters (lactones) is 1. The van der Waals surface area contributed by atoms with Crippen LogP contribution in [0.4, 0.5) is 9.59 Å². The van der Waals surface area contributed by atoms with Crippen molar-refractivity contribution in [2.75, 3.05) is 46.2 Å². The van der Waals surface area contributed by atoms with Gasteiger partial charge in [0.15, 0.2) is 6.29 Å². The summed E-state index contributed by atoms with van der Waals surface area (Å²) in [6.45, 7) is 20.0. The number of carbonyl (C=O) groups excluding carboxylic acids is 7. The molecule has 0 aliphatic carbocycles. The number of nitrogens with one attached hydrogen (secondary N) is 2. The number of rotatable bonds is 25. The van der Waals surface area contributed by atoms with E-state index in [0.29, 0.717) is 11.1 Å². The molecule has 1 aliphatic rings. The average Bonchev–Trinajstić information content (AvgIpc) is 3.68. The molecule has 2 amide bonds. The third kappa shape index (κ3) is 15.3. The lowest BCUT2D eigenvalue weighted by Crippen LogP contribution is -2.47. The number of carbonyl (C=O) groups is 7. The number of hydrogen-bond donors (Lipinski definition) is 3. The summed E-state index contributed by atoms with van der Waals surface area (Å²) < 4.78 is 42.6. The third-order valence-corrected chi connectivity index (χ3v) is 8.78. The summed E-state index contributed by atoms with van der Waals surface area (Å²) in [6, 6.07) is 6.85. The Hall–Kier alpha value is -6.53. The van der Waals surface area contributed by atoms with E-state index >= 15 is 0 Å². The minimum atomic E-state index is -1.62. The SMILES string of the molecule is C=CC(=O)OCC(COC(=O)C=C)(COC(=O)NC(C)(C)c1cccc(C(C)(C)NC(=O)OCC(COC(=O)C=C)(COC(=O)C=C)C2=CCC(=O)O2)c1)COC(O)C=C. The molecule has 0 spiro atoms. The molecule has 18 nitrogen and oxygen atoms in total. The van der Waals surface area contributed by atoms with Crippen molar-refractivity contribution < 1.29 is 76.6 Å². The monoisotopic (exact) mass is 840 g/mol. The molecule has 1 atom stereocenters. The van der Waals surface area contributed by atoms with Crippen LogP contribution in [0.5, 0.6) is 0 Å². The molecule has 60 heavy (non-hydrogen) atoms. The molecule has 0 aromatic heterocycles. The molecule has 1 unspecified atom stereocenters. The third-order valence-electron chi connectivity index (χ3n) is 8.78. The molecule has 2 rings (SSSR count). The molecule has 1 aromatic carbocycles. The van der Waals surface area contributed by atoms with Crippen molar-refractivity contribution in [1.29, 1.82) is 0 Å². The van der Waals surface area contributed by atoms with E-state index in [1.54, 1.807) is 52.0 Å². The molecule has 326 valence electrons. The molecule has 3 N–H and O–H groups in total. The summed E-state index contributed by atoms with van der Waals surface area (Å²) in [4.78, 5) is 86.6. The van der Waals surface area contributed by atoms with Crippen LogP contribution < -0.4 is 10.6 Å². The Bertz CT molecular complexity index is 1800. The fourth-order valence-corrected chi connectivity index (χ4v) is 5.17. The van der Waals surface area contributed by atoms with Gasteiger partial charge in [-0.3, -0.25) is 4.79 Å². The number of aliphatic hydroxyl groups is 1. The van der Waals surface area contributed by atoms with Gasteiger partial charge >= 0.3 is 42.0 Å². The molecule has 0 fully saturated rings. The van der Waals surface area contributed by atoms with Crippen LogP contribution in [0.2, 0.25) is 0 Å². The number of benzene rings is 1. The zero-order valence-corrected chi connectivity index (χ0v) is 34.1. The van der Waals surface area contributed by atoms with Gasteiger partial charge in [-0.1, -0.05) is 57.2 Å². The Labute approximate surface area is 347 Å². The standard InChI is InChI=1S/C42H52N2O16/c1-10-31(45)53-21-41(22-54-32(46)11-2,23-55-33(47)12-3)24-58-37(51)43-39(6,7)28-16-15-17-29(20-28)40(8,9)44-38(52)59-27-42(25-56-34(48)13-4,26-57-35(49)14-5)30-18-19-36(50)60-30/h10-18,20,31,45H,1-5,19,21-27H2,6-9H3,(H,43,51)(H,44,52). The Kier molecular flexibility index (Phi) is 18.7. The average molecular weight is 841 g/mol. The van der Waals surface area contributed by atoms with Gasteiger partial charge in [-0.25, -0.2) is 28.8 Å². The Morgan fingerprint density at radius 2 is 1.08 bits per heavy atom. The van der Waals surface area contributed by atoms with E-state index in [4.69, 9.17) is 37.9 Å².